The third-order valence-corrected chi connectivity index (χ3v) is 7.71. The van der Waals surface area contributed by atoms with Crippen LogP contribution in [0, 0.1) is 9.39 Å². The normalized spacial score (nSPS) is 14.2. The highest BCUT2D eigenvalue weighted by atomic mass is 127. The molecule has 1 N–H and O–H groups in total. The first-order chi connectivity index (χ1) is 18.7. The standard InChI is InChI=1S/C27H20Cl2FIN2O5S/c1-2-37-22-10-15(9-21(31)25(22)38-14-16-5-3-4-6-18(16)28)11-23-26(35)33(27(36)39-23)13-24(34)32-17-7-8-20(30)19(29)12-17/h3-12H,2,13-14H2,1H3,(H,32,34)/b23-11+. The van der Waals surface area contributed by atoms with Crippen LogP contribution in [-0.4, -0.2) is 35.1 Å². The molecule has 0 aromatic heterocycles. The van der Waals surface area contributed by atoms with Gasteiger partial charge in [0, 0.05) is 16.3 Å². The molecule has 1 heterocycles. The van der Waals surface area contributed by atoms with E-state index in [2.05, 4.69) is 27.9 Å². The lowest BCUT2D eigenvalue weighted by atomic mass is 10.1. The second-order valence-electron chi connectivity index (χ2n) is 8.09. The Bertz CT molecular complexity index is 1490. The molecule has 39 heavy (non-hydrogen) atoms. The van der Waals surface area contributed by atoms with Crippen molar-refractivity contribution in [3.05, 3.63) is 90.1 Å². The molecule has 1 saturated heterocycles. The zero-order valence-electron chi connectivity index (χ0n) is 20.3. The van der Waals surface area contributed by atoms with E-state index < -0.39 is 29.4 Å². The molecule has 0 spiro atoms. The number of ether oxygens (including phenoxy) is 2. The zero-order valence-corrected chi connectivity index (χ0v) is 24.8. The Balaban J connectivity index is 1.49. The minimum Gasteiger partial charge on any atom is -0.490 e. The fourth-order valence-corrected chi connectivity index (χ4v) is 5.54. The number of amides is 3. The van der Waals surface area contributed by atoms with Crippen LogP contribution >= 0.6 is 57.6 Å². The van der Waals surface area contributed by atoms with E-state index in [0.29, 0.717) is 28.7 Å². The Morgan fingerprint density at radius 1 is 1.10 bits per heavy atom. The van der Waals surface area contributed by atoms with Gasteiger partial charge in [-0.15, -0.1) is 0 Å². The molecule has 1 aliphatic rings. The summed E-state index contributed by atoms with van der Waals surface area (Å²) in [6, 6.07) is 14.5. The number of hydrogen-bond donors (Lipinski definition) is 1. The van der Waals surface area contributed by atoms with Crippen molar-refractivity contribution in [2.24, 2.45) is 0 Å². The van der Waals surface area contributed by atoms with E-state index in [0.717, 1.165) is 31.9 Å². The van der Waals surface area contributed by atoms with Gasteiger partial charge in [-0.3, -0.25) is 19.3 Å². The lowest BCUT2D eigenvalue weighted by Gasteiger charge is -2.15. The second kappa shape index (κ2) is 13.0. The SMILES string of the molecule is CCOc1cc(/C=C2/SC(=O)N(CC(=O)Nc3ccc(F)c(Cl)c3)C2=O)cc(I)c1OCc1ccccc1Cl. The number of anilines is 1. The quantitative estimate of drug-likeness (QED) is 0.185. The molecule has 1 fully saturated rings. The summed E-state index contributed by atoms with van der Waals surface area (Å²) in [4.78, 5) is 38.9. The Hall–Kier alpha value is -2.80. The van der Waals surface area contributed by atoms with Crippen LogP contribution in [0.4, 0.5) is 14.9 Å². The fourth-order valence-electron chi connectivity index (χ4n) is 3.55. The van der Waals surface area contributed by atoms with Gasteiger partial charge in [0.25, 0.3) is 11.1 Å². The van der Waals surface area contributed by atoms with Gasteiger partial charge in [-0.1, -0.05) is 41.4 Å². The lowest BCUT2D eigenvalue weighted by Crippen LogP contribution is -2.36. The number of rotatable bonds is 9. The summed E-state index contributed by atoms with van der Waals surface area (Å²) in [6.45, 7) is 1.95. The van der Waals surface area contributed by atoms with E-state index in [9.17, 15) is 18.8 Å². The largest absolute Gasteiger partial charge is 0.490 e. The summed E-state index contributed by atoms with van der Waals surface area (Å²) in [7, 11) is 0. The van der Waals surface area contributed by atoms with Crippen LogP contribution in [0.3, 0.4) is 0 Å². The number of thioether (sulfide) groups is 1. The molecule has 202 valence electrons. The summed E-state index contributed by atoms with van der Waals surface area (Å²) in [5, 5.41) is 2.34. The highest BCUT2D eigenvalue weighted by Crippen LogP contribution is 2.38. The molecule has 4 rings (SSSR count). The van der Waals surface area contributed by atoms with Crippen molar-refractivity contribution in [2.45, 2.75) is 13.5 Å². The van der Waals surface area contributed by atoms with Crippen molar-refractivity contribution in [3.63, 3.8) is 0 Å². The summed E-state index contributed by atoms with van der Waals surface area (Å²) in [5.74, 6) is -0.869. The van der Waals surface area contributed by atoms with Crippen LogP contribution in [-0.2, 0) is 16.2 Å². The van der Waals surface area contributed by atoms with E-state index in [1.54, 1.807) is 24.3 Å². The first-order valence-corrected chi connectivity index (χ1v) is 14.1. The summed E-state index contributed by atoms with van der Waals surface area (Å²) >= 11 is 14.8. The van der Waals surface area contributed by atoms with Crippen LogP contribution in [0.2, 0.25) is 10.0 Å². The maximum atomic E-state index is 13.4. The summed E-state index contributed by atoms with van der Waals surface area (Å²) in [6.07, 6.45) is 1.56. The fraction of sp³-hybridized carbons (Fsp3) is 0.148. The average Bonchev–Trinajstić information content (AvgIpc) is 3.14. The lowest BCUT2D eigenvalue weighted by molar-refractivity contribution is -0.127. The highest BCUT2D eigenvalue weighted by Gasteiger charge is 2.36. The van der Waals surface area contributed by atoms with Crippen LogP contribution in [0.15, 0.2) is 59.5 Å². The monoisotopic (exact) mass is 700 g/mol. The summed E-state index contributed by atoms with van der Waals surface area (Å²) < 4.78 is 25.9. The Labute approximate surface area is 251 Å². The molecular weight excluding hydrogens is 681 g/mol. The van der Waals surface area contributed by atoms with Crippen molar-refractivity contribution in [1.29, 1.82) is 0 Å². The van der Waals surface area contributed by atoms with Gasteiger partial charge in [0.2, 0.25) is 5.91 Å². The Morgan fingerprint density at radius 2 is 1.87 bits per heavy atom. The van der Waals surface area contributed by atoms with Crippen molar-refractivity contribution in [2.75, 3.05) is 18.5 Å². The van der Waals surface area contributed by atoms with Gasteiger partial charge < -0.3 is 14.8 Å². The zero-order chi connectivity index (χ0) is 28.1. The van der Waals surface area contributed by atoms with Gasteiger partial charge in [0.1, 0.15) is 19.0 Å². The number of carbonyl (C=O) groups excluding carboxylic acids is 3. The first-order valence-electron chi connectivity index (χ1n) is 11.5. The number of benzene rings is 3. The topological polar surface area (TPSA) is 84.9 Å². The van der Waals surface area contributed by atoms with E-state index in [-0.39, 0.29) is 22.2 Å². The maximum absolute atomic E-state index is 13.4. The van der Waals surface area contributed by atoms with E-state index >= 15 is 0 Å². The predicted molar refractivity (Wildman–Crippen MR) is 159 cm³/mol. The third kappa shape index (κ3) is 7.24. The van der Waals surface area contributed by atoms with Crippen LogP contribution < -0.4 is 14.8 Å². The minimum absolute atomic E-state index is 0.153. The molecular formula is C27H20Cl2FIN2O5S. The van der Waals surface area contributed by atoms with Crippen LogP contribution in [0.5, 0.6) is 11.5 Å². The smallest absolute Gasteiger partial charge is 0.294 e. The first kappa shape index (κ1) is 29.2. The van der Waals surface area contributed by atoms with Gasteiger partial charge in [0.15, 0.2) is 11.5 Å². The van der Waals surface area contributed by atoms with Gasteiger partial charge >= 0.3 is 0 Å². The maximum Gasteiger partial charge on any atom is 0.294 e. The molecule has 0 bridgehead atoms. The minimum atomic E-state index is -0.631. The molecule has 12 heteroatoms. The Kier molecular flexibility index (Phi) is 9.76. The van der Waals surface area contributed by atoms with Crippen molar-refractivity contribution >= 4 is 86.4 Å². The Morgan fingerprint density at radius 3 is 2.59 bits per heavy atom. The molecule has 7 nitrogen and oxygen atoms in total. The van der Waals surface area contributed by atoms with Gasteiger partial charge in [0.05, 0.1) is 20.1 Å². The number of carbonyl (C=O) groups is 3. The molecule has 0 saturated carbocycles. The van der Waals surface area contributed by atoms with Crippen molar-refractivity contribution < 1.29 is 28.2 Å². The van der Waals surface area contributed by atoms with E-state index in [1.165, 1.54) is 12.1 Å². The number of halogens is 4. The molecule has 0 aliphatic carbocycles. The molecule has 3 aromatic carbocycles. The van der Waals surface area contributed by atoms with Crippen LogP contribution in [0.1, 0.15) is 18.1 Å². The predicted octanol–water partition coefficient (Wildman–Crippen LogP) is 7.39. The highest BCUT2D eigenvalue weighted by molar-refractivity contribution is 14.1. The molecule has 0 radical (unpaired) electrons. The van der Waals surface area contributed by atoms with E-state index in [4.69, 9.17) is 32.7 Å². The van der Waals surface area contributed by atoms with Gasteiger partial charge in [-0.2, -0.15) is 0 Å². The van der Waals surface area contributed by atoms with Gasteiger partial charge in [-0.25, -0.2) is 4.39 Å². The number of nitrogens with one attached hydrogen (secondary N) is 1. The van der Waals surface area contributed by atoms with Crippen molar-refractivity contribution in [1.82, 2.24) is 4.90 Å². The van der Waals surface area contributed by atoms with Crippen LogP contribution in [0.25, 0.3) is 6.08 Å². The second-order valence-corrected chi connectivity index (χ2v) is 11.1. The van der Waals surface area contributed by atoms with E-state index in [1.807, 2.05) is 25.1 Å². The molecule has 0 unspecified atom stereocenters. The number of imide groups is 1. The molecule has 0 atom stereocenters. The van der Waals surface area contributed by atoms with Gasteiger partial charge in [-0.05, 0) is 89.3 Å². The molecule has 3 amide bonds. The average molecular weight is 701 g/mol. The number of nitrogens with zero attached hydrogens (tertiary/aromatic N) is 1. The molecule has 1 aliphatic heterocycles. The third-order valence-electron chi connectivity index (χ3n) is 5.34. The summed E-state index contributed by atoms with van der Waals surface area (Å²) in [5.41, 5.74) is 1.68. The molecule has 3 aromatic rings. The van der Waals surface area contributed by atoms with Crippen molar-refractivity contribution in [3.8, 4) is 11.5 Å². The number of hydrogen-bond acceptors (Lipinski definition) is 6.